The molecule has 0 amide bonds. The molecule has 2 rings (SSSR count). The van der Waals surface area contributed by atoms with Crippen molar-refractivity contribution in [3.8, 4) is 0 Å². The molecule has 1 aromatic carbocycles. The van der Waals surface area contributed by atoms with Crippen molar-refractivity contribution in [1.29, 1.82) is 0 Å². The molecule has 0 aliphatic heterocycles. The molecule has 1 fully saturated rings. The first-order valence-electron chi connectivity index (χ1n) is 8.12. The molecule has 0 saturated heterocycles. The smallest absolute Gasteiger partial charge is 0.158 e. The molecular formula is C19H26O. The van der Waals surface area contributed by atoms with Gasteiger partial charge in [-0.2, -0.15) is 0 Å². The third-order valence-corrected chi connectivity index (χ3v) is 4.07. The summed E-state index contributed by atoms with van der Waals surface area (Å²) in [5.74, 6) is 0.351. The predicted octanol–water partition coefficient (Wildman–Crippen LogP) is 5.34. The lowest BCUT2D eigenvalue weighted by Gasteiger charge is -2.12. The van der Waals surface area contributed by atoms with E-state index in [1.54, 1.807) is 0 Å². The summed E-state index contributed by atoms with van der Waals surface area (Å²) >= 11 is 0. The normalized spacial score (nSPS) is 17.6. The number of hydrogen-bond donors (Lipinski definition) is 0. The Morgan fingerprint density at radius 1 is 1.10 bits per heavy atom. The van der Waals surface area contributed by atoms with Gasteiger partial charge < -0.3 is 0 Å². The van der Waals surface area contributed by atoms with Gasteiger partial charge in [-0.05, 0) is 54.9 Å². The molecule has 1 heteroatoms. The Labute approximate surface area is 123 Å². The Bertz CT molecular complexity index is 470. The summed E-state index contributed by atoms with van der Waals surface area (Å²) in [5, 5.41) is 0. The summed E-state index contributed by atoms with van der Waals surface area (Å²) in [5.41, 5.74) is 3.63. The van der Waals surface area contributed by atoms with Gasteiger partial charge in [-0.1, -0.05) is 50.5 Å². The molecule has 0 heterocycles. The van der Waals surface area contributed by atoms with Crippen LogP contribution in [0.15, 0.2) is 29.8 Å². The van der Waals surface area contributed by atoms with Gasteiger partial charge in [-0.3, -0.25) is 4.79 Å². The van der Waals surface area contributed by atoms with Crippen LogP contribution in [0.25, 0.3) is 6.08 Å². The Hall–Kier alpha value is -1.37. The molecule has 0 radical (unpaired) electrons. The van der Waals surface area contributed by atoms with Crippen molar-refractivity contribution in [2.24, 2.45) is 0 Å². The summed E-state index contributed by atoms with van der Waals surface area (Å²) in [6.07, 6.45) is 12.4. The van der Waals surface area contributed by atoms with Crippen LogP contribution in [0, 0.1) is 0 Å². The van der Waals surface area contributed by atoms with Gasteiger partial charge in [0, 0.05) is 6.42 Å². The number of ketones is 1. The molecule has 1 saturated carbocycles. The van der Waals surface area contributed by atoms with Crippen molar-refractivity contribution < 1.29 is 4.79 Å². The molecule has 1 aromatic rings. The minimum Gasteiger partial charge on any atom is -0.295 e. The molecule has 0 bridgehead atoms. The molecular weight excluding hydrogens is 244 g/mol. The second kappa shape index (κ2) is 8.04. The van der Waals surface area contributed by atoms with Gasteiger partial charge in [0.1, 0.15) is 0 Å². The van der Waals surface area contributed by atoms with Gasteiger partial charge in [0.2, 0.25) is 0 Å². The van der Waals surface area contributed by atoms with Crippen molar-refractivity contribution in [2.45, 2.75) is 64.7 Å². The molecule has 1 aliphatic carbocycles. The predicted molar refractivity (Wildman–Crippen MR) is 85.7 cm³/mol. The summed E-state index contributed by atoms with van der Waals surface area (Å²) in [6, 6.07) is 8.69. The highest BCUT2D eigenvalue weighted by molar-refractivity contribution is 6.00. The lowest BCUT2D eigenvalue weighted by atomic mass is 9.92. The molecule has 0 aromatic heterocycles. The maximum atomic E-state index is 11.9. The molecule has 0 spiro atoms. The van der Waals surface area contributed by atoms with E-state index in [1.807, 2.05) is 0 Å². The van der Waals surface area contributed by atoms with Gasteiger partial charge in [0.15, 0.2) is 5.78 Å². The van der Waals surface area contributed by atoms with Crippen molar-refractivity contribution >= 4 is 11.9 Å². The average Bonchev–Trinajstić information content (AvgIpc) is 2.47. The SMILES string of the molecule is CCCCCCc1cccc(C=C2CCCCC2=O)c1. The van der Waals surface area contributed by atoms with Crippen LogP contribution in [0.2, 0.25) is 0 Å². The number of carbonyl (C=O) groups is 1. The Morgan fingerprint density at radius 2 is 1.95 bits per heavy atom. The van der Waals surface area contributed by atoms with E-state index >= 15 is 0 Å². The number of unbranched alkanes of at least 4 members (excludes halogenated alkanes) is 3. The van der Waals surface area contributed by atoms with E-state index in [4.69, 9.17) is 0 Å². The minimum atomic E-state index is 0.351. The maximum Gasteiger partial charge on any atom is 0.158 e. The summed E-state index contributed by atoms with van der Waals surface area (Å²) in [4.78, 5) is 11.9. The fourth-order valence-electron chi connectivity index (χ4n) is 2.85. The van der Waals surface area contributed by atoms with Crippen LogP contribution in [0.4, 0.5) is 0 Å². The fraction of sp³-hybridized carbons (Fsp3) is 0.526. The van der Waals surface area contributed by atoms with Crippen molar-refractivity contribution in [1.82, 2.24) is 0 Å². The van der Waals surface area contributed by atoms with Crippen LogP contribution in [0.5, 0.6) is 0 Å². The van der Waals surface area contributed by atoms with Crippen molar-refractivity contribution in [3.63, 3.8) is 0 Å². The van der Waals surface area contributed by atoms with Crippen LogP contribution < -0.4 is 0 Å². The Kier molecular flexibility index (Phi) is 6.04. The highest BCUT2D eigenvalue weighted by atomic mass is 16.1. The van der Waals surface area contributed by atoms with Crippen LogP contribution in [0.3, 0.4) is 0 Å². The largest absolute Gasteiger partial charge is 0.295 e. The lowest BCUT2D eigenvalue weighted by molar-refractivity contribution is -0.116. The zero-order valence-corrected chi connectivity index (χ0v) is 12.7. The number of carbonyl (C=O) groups excluding carboxylic acids is 1. The third kappa shape index (κ3) is 4.63. The summed E-state index contributed by atoms with van der Waals surface area (Å²) in [6.45, 7) is 2.24. The molecule has 0 unspecified atom stereocenters. The van der Waals surface area contributed by atoms with E-state index in [0.29, 0.717) is 5.78 Å². The lowest BCUT2D eigenvalue weighted by Crippen LogP contribution is -2.07. The second-order valence-corrected chi connectivity index (χ2v) is 5.86. The first kappa shape index (κ1) is 15.0. The van der Waals surface area contributed by atoms with E-state index < -0.39 is 0 Å². The van der Waals surface area contributed by atoms with E-state index in [-0.39, 0.29) is 0 Å². The first-order chi connectivity index (χ1) is 9.79. The van der Waals surface area contributed by atoms with Gasteiger partial charge in [-0.15, -0.1) is 0 Å². The number of hydrogen-bond acceptors (Lipinski definition) is 1. The summed E-state index contributed by atoms with van der Waals surface area (Å²) in [7, 11) is 0. The monoisotopic (exact) mass is 270 g/mol. The number of benzene rings is 1. The van der Waals surface area contributed by atoms with Crippen LogP contribution in [-0.4, -0.2) is 5.78 Å². The molecule has 0 atom stereocenters. The number of rotatable bonds is 6. The van der Waals surface area contributed by atoms with Gasteiger partial charge in [-0.25, -0.2) is 0 Å². The molecule has 20 heavy (non-hydrogen) atoms. The van der Waals surface area contributed by atoms with Crippen LogP contribution in [-0.2, 0) is 11.2 Å². The second-order valence-electron chi connectivity index (χ2n) is 5.86. The van der Waals surface area contributed by atoms with Crippen molar-refractivity contribution in [3.05, 3.63) is 41.0 Å². The number of allylic oxidation sites excluding steroid dienone is 1. The number of aryl methyl sites for hydroxylation is 1. The van der Waals surface area contributed by atoms with Gasteiger partial charge >= 0.3 is 0 Å². The van der Waals surface area contributed by atoms with Gasteiger partial charge in [0.05, 0.1) is 0 Å². The zero-order valence-electron chi connectivity index (χ0n) is 12.7. The quantitative estimate of drug-likeness (QED) is 0.504. The molecule has 108 valence electrons. The maximum absolute atomic E-state index is 11.9. The minimum absolute atomic E-state index is 0.351. The molecule has 1 aliphatic rings. The zero-order chi connectivity index (χ0) is 14.2. The first-order valence-corrected chi connectivity index (χ1v) is 8.12. The standard InChI is InChI=1S/C19H26O/c1-2-3-4-5-9-16-10-8-11-17(14-16)15-18-12-6-7-13-19(18)20/h8,10-11,14-15H,2-7,9,12-13H2,1H3. The Morgan fingerprint density at radius 3 is 2.75 bits per heavy atom. The molecule has 0 N–H and O–H groups in total. The van der Waals surface area contributed by atoms with Gasteiger partial charge in [0.25, 0.3) is 0 Å². The van der Waals surface area contributed by atoms with E-state index in [2.05, 4.69) is 37.3 Å². The number of Topliss-reactive ketones (excluding diaryl/α,β-unsaturated/α-hetero) is 1. The molecule has 1 nitrogen and oxygen atoms in total. The van der Waals surface area contributed by atoms with E-state index in [9.17, 15) is 4.79 Å². The van der Waals surface area contributed by atoms with Crippen LogP contribution in [0.1, 0.15) is 69.4 Å². The van der Waals surface area contributed by atoms with Crippen molar-refractivity contribution in [2.75, 3.05) is 0 Å². The van der Waals surface area contributed by atoms with E-state index in [1.165, 1.54) is 36.8 Å². The highest BCUT2D eigenvalue weighted by Gasteiger charge is 2.14. The highest BCUT2D eigenvalue weighted by Crippen LogP contribution is 2.22. The fourth-order valence-corrected chi connectivity index (χ4v) is 2.85. The third-order valence-electron chi connectivity index (χ3n) is 4.07. The Balaban J connectivity index is 1.98. The average molecular weight is 270 g/mol. The summed E-state index contributed by atoms with van der Waals surface area (Å²) < 4.78 is 0. The van der Waals surface area contributed by atoms with Crippen LogP contribution >= 0.6 is 0 Å². The topological polar surface area (TPSA) is 17.1 Å². The van der Waals surface area contributed by atoms with E-state index in [0.717, 1.165) is 37.7 Å².